The molecule has 8 nitrogen and oxygen atoms in total. The first-order valence-electron chi connectivity index (χ1n) is 11.0. The lowest BCUT2D eigenvalue weighted by atomic mass is 10.1. The van der Waals surface area contributed by atoms with Crippen molar-refractivity contribution in [2.45, 2.75) is 13.8 Å². The van der Waals surface area contributed by atoms with Gasteiger partial charge in [-0.15, -0.1) is 11.3 Å². The van der Waals surface area contributed by atoms with E-state index in [9.17, 15) is 9.59 Å². The van der Waals surface area contributed by atoms with Crippen LogP contribution in [0.25, 0.3) is 32.0 Å². The number of rotatable bonds is 5. The molecule has 0 atom stereocenters. The summed E-state index contributed by atoms with van der Waals surface area (Å²) in [5, 5.41) is 0.509. The van der Waals surface area contributed by atoms with Gasteiger partial charge in [0, 0.05) is 30.9 Å². The van der Waals surface area contributed by atoms with E-state index in [0.717, 1.165) is 33.1 Å². The van der Waals surface area contributed by atoms with Gasteiger partial charge in [0.25, 0.3) is 5.56 Å². The fraction of sp³-hybridized carbons (Fsp3) is 0.192. The van der Waals surface area contributed by atoms with Gasteiger partial charge in [-0.25, -0.2) is 14.3 Å². The van der Waals surface area contributed by atoms with Crippen molar-refractivity contribution in [3.8, 4) is 27.6 Å². The number of H-pyrrole nitrogens is 1. The largest absolute Gasteiger partial charge is 0.495 e. The molecule has 178 valence electrons. The van der Waals surface area contributed by atoms with Gasteiger partial charge in [-0.05, 0) is 61.4 Å². The van der Waals surface area contributed by atoms with Gasteiger partial charge >= 0.3 is 5.69 Å². The SMILES string of the molecule is COc1cc(-c2sc3[nH]c(=O)n(-c4ccc(N(C)C)cc4)c(=O)c3c2C)ccc1-n1cnc(C)c1. The molecule has 3 heterocycles. The molecule has 0 aliphatic carbocycles. The lowest BCUT2D eigenvalue weighted by molar-refractivity contribution is 0.413. The number of benzene rings is 2. The average Bonchev–Trinajstić information content (AvgIpc) is 3.41. The van der Waals surface area contributed by atoms with Crippen LogP contribution in [0.5, 0.6) is 5.75 Å². The van der Waals surface area contributed by atoms with Crippen molar-refractivity contribution >= 4 is 27.2 Å². The number of thiophene rings is 1. The number of nitrogens with one attached hydrogen (secondary N) is 1. The second-order valence-electron chi connectivity index (χ2n) is 8.55. The van der Waals surface area contributed by atoms with Crippen molar-refractivity contribution in [3.63, 3.8) is 0 Å². The van der Waals surface area contributed by atoms with Crippen molar-refractivity contribution in [1.29, 1.82) is 0 Å². The number of aromatic nitrogens is 4. The minimum absolute atomic E-state index is 0.334. The van der Waals surface area contributed by atoms with E-state index in [4.69, 9.17) is 4.74 Å². The van der Waals surface area contributed by atoms with Crippen LogP contribution in [0.2, 0.25) is 0 Å². The van der Waals surface area contributed by atoms with Crippen LogP contribution in [0.1, 0.15) is 11.3 Å². The summed E-state index contributed by atoms with van der Waals surface area (Å²) in [6, 6.07) is 13.2. The minimum Gasteiger partial charge on any atom is -0.495 e. The van der Waals surface area contributed by atoms with Crippen molar-refractivity contribution in [3.05, 3.63) is 87.1 Å². The highest BCUT2D eigenvalue weighted by atomic mass is 32.1. The Kier molecular flexibility index (Phi) is 5.56. The van der Waals surface area contributed by atoms with Crippen molar-refractivity contribution in [1.82, 2.24) is 19.1 Å². The predicted octanol–water partition coefficient (Wildman–Crippen LogP) is 4.28. The molecule has 0 aliphatic rings. The standard InChI is InChI=1S/C26H25N5O3S/c1-15-13-30(14-27-15)20-11-6-17(12-21(20)34-5)23-16(2)22-24(35-23)28-26(33)31(25(22)32)19-9-7-18(8-10-19)29(3)4/h6-14H,1-5H3,(H,28,33). The van der Waals surface area contributed by atoms with Gasteiger partial charge in [0.15, 0.2) is 0 Å². The van der Waals surface area contributed by atoms with E-state index in [2.05, 4.69) is 9.97 Å². The molecular weight excluding hydrogens is 462 g/mol. The number of aryl methyl sites for hydroxylation is 2. The first kappa shape index (κ1) is 22.7. The Hall–Kier alpha value is -4.11. The maximum absolute atomic E-state index is 13.5. The van der Waals surface area contributed by atoms with E-state index in [0.29, 0.717) is 21.7 Å². The van der Waals surface area contributed by atoms with Crippen LogP contribution < -0.4 is 20.9 Å². The molecule has 0 spiro atoms. The fourth-order valence-corrected chi connectivity index (χ4v) is 5.40. The summed E-state index contributed by atoms with van der Waals surface area (Å²) < 4.78 is 8.76. The lowest BCUT2D eigenvalue weighted by Crippen LogP contribution is -2.33. The van der Waals surface area contributed by atoms with E-state index in [1.165, 1.54) is 15.9 Å². The molecule has 35 heavy (non-hydrogen) atoms. The van der Waals surface area contributed by atoms with Crippen molar-refractivity contribution < 1.29 is 4.74 Å². The molecule has 0 aliphatic heterocycles. The zero-order valence-corrected chi connectivity index (χ0v) is 20.9. The Labute approximate surface area is 205 Å². The van der Waals surface area contributed by atoms with Crippen molar-refractivity contribution in [2.75, 3.05) is 26.1 Å². The van der Waals surface area contributed by atoms with E-state index in [1.54, 1.807) is 25.6 Å². The zero-order valence-electron chi connectivity index (χ0n) is 20.1. The molecule has 2 aromatic carbocycles. The molecule has 1 N–H and O–H groups in total. The molecular formula is C26H25N5O3S. The molecule has 5 aromatic rings. The Morgan fingerprint density at radius 2 is 1.80 bits per heavy atom. The Morgan fingerprint density at radius 3 is 2.43 bits per heavy atom. The number of hydrogen-bond donors (Lipinski definition) is 1. The molecule has 0 radical (unpaired) electrons. The van der Waals surface area contributed by atoms with Gasteiger partial charge in [-0.1, -0.05) is 6.07 Å². The van der Waals surface area contributed by atoms with Gasteiger partial charge in [0.05, 0.1) is 35.9 Å². The number of aromatic amines is 1. The lowest BCUT2D eigenvalue weighted by Gasteiger charge is -2.13. The minimum atomic E-state index is -0.462. The smallest absolute Gasteiger partial charge is 0.334 e. The molecule has 0 unspecified atom stereocenters. The molecule has 5 rings (SSSR count). The Balaban J connectivity index is 1.64. The maximum Gasteiger partial charge on any atom is 0.334 e. The first-order valence-corrected chi connectivity index (χ1v) is 11.9. The Bertz CT molecular complexity index is 1670. The number of anilines is 1. The maximum atomic E-state index is 13.5. The second kappa shape index (κ2) is 8.59. The van der Waals surface area contributed by atoms with Crippen LogP contribution in [0.15, 0.2) is 64.6 Å². The quantitative estimate of drug-likeness (QED) is 0.400. The summed E-state index contributed by atoms with van der Waals surface area (Å²) in [5.41, 5.74) is 4.21. The number of fused-ring (bicyclic) bond motifs is 1. The summed E-state index contributed by atoms with van der Waals surface area (Å²) in [6.07, 6.45) is 3.68. The molecule has 3 aromatic heterocycles. The van der Waals surface area contributed by atoms with E-state index < -0.39 is 5.69 Å². The third kappa shape index (κ3) is 3.83. The van der Waals surface area contributed by atoms with Crippen LogP contribution in [0.4, 0.5) is 5.69 Å². The summed E-state index contributed by atoms with van der Waals surface area (Å²) in [6.45, 7) is 3.84. The number of imidazole rings is 1. The normalized spacial score (nSPS) is 11.2. The molecule has 0 fully saturated rings. The zero-order chi connectivity index (χ0) is 24.9. The summed E-state index contributed by atoms with van der Waals surface area (Å²) in [4.78, 5) is 37.0. The Morgan fingerprint density at radius 1 is 1.06 bits per heavy atom. The number of ether oxygens (including phenoxy) is 1. The monoisotopic (exact) mass is 487 g/mol. The first-order chi connectivity index (χ1) is 16.8. The molecule has 0 saturated heterocycles. The molecule has 0 amide bonds. The topological polar surface area (TPSA) is 85.2 Å². The second-order valence-corrected chi connectivity index (χ2v) is 9.57. The fourth-order valence-electron chi connectivity index (χ4n) is 4.21. The molecule has 0 bridgehead atoms. The van der Waals surface area contributed by atoms with Crippen molar-refractivity contribution in [2.24, 2.45) is 0 Å². The third-order valence-electron chi connectivity index (χ3n) is 6.04. The van der Waals surface area contributed by atoms with E-state index in [1.807, 2.05) is 73.9 Å². The van der Waals surface area contributed by atoms with Gasteiger partial charge in [0.2, 0.25) is 0 Å². The van der Waals surface area contributed by atoms with Crippen LogP contribution in [-0.4, -0.2) is 40.3 Å². The third-order valence-corrected chi connectivity index (χ3v) is 7.30. The summed E-state index contributed by atoms with van der Waals surface area (Å²) >= 11 is 1.39. The summed E-state index contributed by atoms with van der Waals surface area (Å²) in [7, 11) is 5.50. The highest BCUT2D eigenvalue weighted by molar-refractivity contribution is 7.22. The van der Waals surface area contributed by atoms with Crippen LogP contribution >= 0.6 is 11.3 Å². The average molecular weight is 488 g/mol. The van der Waals surface area contributed by atoms with Gasteiger partial charge in [-0.2, -0.15) is 0 Å². The highest BCUT2D eigenvalue weighted by Gasteiger charge is 2.19. The summed E-state index contributed by atoms with van der Waals surface area (Å²) in [5.74, 6) is 0.684. The van der Waals surface area contributed by atoms with Crippen LogP contribution in [-0.2, 0) is 0 Å². The highest BCUT2D eigenvalue weighted by Crippen LogP contribution is 2.38. The van der Waals surface area contributed by atoms with Gasteiger partial charge in [-0.3, -0.25) is 9.78 Å². The van der Waals surface area contributed by atoms with Gasteiger partial charge in [0.1, 0.15) is 10.6 Å². The van der Waals surface area contributed by atoms with E-state index >= 15 is 0 Å². The van der Waals surface area contributed by atoms with E-state index in [-0.39, 0.29) is 5.56 Å². The number of methoxy groups -OCH3 is 1. The molecule has 9 heteroatoms. The van der Waals surface area contributed by atoms with Crippen LogP contribution in [0.3, 0.4) is 0 Å². The van der Waals surface area contributed by atoms with Gasteiger partial charge < -0.3 is 14.2 Å². The predicted molar refractivity (Wildman–Crippen MR) is 141 cm³/mol. The molecule has 0 saturated carbocycles. The number of nitrogens with zero attached hydrogens (tertiary/aromatic N) is 4. The number of hydrogen-bond acceptors (Lipinski definition) is 6. The van der Waals surface area contributed by atoms with Crippen LogP contribution in [0, 0.1) is 13.8 Å².